The normalized spacial score (nSPS) is 11.1. The van der Waals surface area contributed by atoms with Crippen molar-refractivity contribution in [2.75, 3.05) is 0 Å². The van der Waals surface area contributed by atoms with Crippen molar-refractivity contribution in [2.24, 2.45) is 0 Å². The van der Waals surface area contributed by atoms with Crippen molar-refractivity contribution in [3.8, 4) is 0 Å². The molecule has 0 radical (unpaired) electrons. The van der Waals surface area contributed by atoms with E-state index in [-0.39, 0.29) is 5.82 Å². The van der Waals surface area contributed by atoms with Crippen LogP contribution in [0.25, 0.3) is 21.7 Å². The van der Waals surface area contributed by atoms with Gasteiger partial charge in [-0.1, -0.05) is 29.8 Å². The van der Waals surface area contributed by atoms with Gasteiger partial charge in [-0.3, -0.25) is 4.98 Å². The molecule has 16 heavy (non-hydrogen) atoms. The van der Waals surface area contributed by atoms with Crippen LogP contribution in [0.1, 0.15) is 0 Å². The summed E-state index contributed by atoms with van der Waals surface area (Å²) in [5.41, 5.74) is 0.753. The number of aromatic nitrogens is 1. The topological polar surface area (TPSA) is 12.9 Å². The fourth-order valence-electron chi connectivity index (χ4n) is 1.88. The second kappa shape index (κ2) is 3.42. The monoisotopic (exact) mass is 231 g/mol. The summed E-state index contributed by atoms with van der Waals surface area (Å²) in [6, 6.07) is 10.3. The minimum Gasteiger partial charge on any atom is -0.254 e. The first kappa shape index (κ1) is 9.55. The summed E-state index contributed by atoms with van der Waals surface area (Å²) >= 11 is 6.05. The highest BCUT2D eigenvalue weighted by Gasteiger charge is 2.04. The molecule has 3 heteroatoms. The van der Waals surface area contributed by atoms with E-state index >= 15 is 0 Å². The predicted octanol–water partition coefficient (Wildman–Crippen LogP) is 4.18. The molecule has 0 N–H and O–H groups in total. The molecule has 0 aliphatic heterocycles. The molecule has 1 aromatic heterocycles. The zero-order valence-corrected chi connectivity index (χ0v) is 9.00. The van der Waals surface area contributed by atoms with Crippen LogP contribution in [0.4, 0.5) is 4.39 Å². The maximum absolute atomic E-state index is 13.1. The number of hydrogen-bond acceptors (Lipinski definition) is 1. The van der Waals surface area contributed by atoms with Crippen LogP contribution in [0.3, 0.4) is 0 Å². The lowest BCUT2D eigenvalue weighted by Crippen LogP contribution is -1.84. The third kappa shape index (κ3) is 1.34. The van der Waals surface area contributed by atoms with E-state index < -0.39 is 0 Å². The first-order valence-corrected chi connectivity index (χ1v) is 5.26. The van der Waals surface area contributed by atoms with E-state index in [0.29, 0.717) is 5.02 Å². The second-order valence-corrected chi connectivity index (χ2v) is 4.03. The maximum atomic E-state index is 13.1. The molecule has 3 rings (SSSR count). The Morgan fingerprint density at radius 3 is 2.81 bits per heavy atom. The van der Waals surface area contributed by atoms with Gasteiger partial charge < -0.3 is 0 Å². The molecule has 0 spiro atoms. The quantitative estimate of drug-likeness (QED) is 0.529. The fourth-order valence-corrected chi connectivity index (χ4v) is 2.11. The van der Waals surface area contributed by atoms with Gasteiger partial charge in [0.25, 0.3) is 0 Å². The molecule has 0 saturated heterocycles. The van der Waals surface area contributed by atoms with Crippen molar-refractivity contribution < 1.29 is 4.39 Å². The lowest BCUT2D eigenvalue weighted by atomic mass is 10.1. The minimum atomic E-state index is -0.254. The van der Waals surface area contributed by atoms with E-state index in [9.17, 15) is 4.39 Å². The highest BCUT2D eigenvalue weighted by molar-refractivity contribution is 6.35. The number of fused-ring (bicyclic) bond motifs is 3. The molecule has 0 aliphatic carbocycles. The Hall–Kier alpha value is -1.67. The van der Waals surface area contributed by atoms with Crippen molar-refractivity contribution in [2.45, 2.75) is 0 Å². The maximum Gasteiger partial charge on any atom is 0.123 e. The van der Waals surface area contributed by atoms with E-state index in [2.05, 4.69) is 4.98 Å². The standard InChI is InChI=1S/C13H7ClFN/c14-12-3-1-2-11-10-5-4-9(15)6-8(10)7-16-13(11)12/h1-7H. The Kier molecular flexibility index (Phi) is 2.04. The number of rotatable bonds is 0. The van der Waals surface area contributed by atoms with Gasteiger partial charge in [0.15, 0.2) is 0 Å². The van der Waals surface area contributed by atoms with Crippen molar-refractivity contribution >= 4 is 33.3 Å². The number of pyridine rings is 1. The SMILES string of the molecule is Fc1ccc2c(cnc3c(Cl)cccc32)c1. The van der Waals surface area contributed by atoms with Gasteiger partial charge in [-0.05, 0) is 23.6 Å². The third-order valence-electron chi connectivity index (χ3n) is 2.62. The van der Waals surface area contributed by atoms with Crippen molar-refractivity contribution in [1.29, 1.82) is 0 Å². The van der Waals surface area contributed by atoms with Gasteiger partial charge in [0.2, 0.25) is 0 Å². The summed E-state index contributed by atoms with van der Waals surface area (Å²) in [6.45, 7) is 0. The molecular formula is C13H7ClFN. The Labute approximate surface area is 96.5 Å². The van der Waals surface area contributed by atoms with Crippen LogP contribution in [0, 0.1) is 5.82 Å². The van der Waals surface area contributed by atoms with Crippen LogP contribution in [-0.2, 0) is 0 Å². The molecule has 2 aromatic carbocycles. The smallest absolute Gasteiger partial charge is 0.123 e. The molecule has 0 amide bonds. The largest absolute Gasteiger partial charge is 0.254 e. The Morgan fingerprint density at radius 1 is 1.06 bits per heavy atom. The number of nitrogens with zero attached hydrogens (tertiary/aromatic N) is 1. The Morgan fingerprint density at radius 2 is 1.94 bits per heavy atom. The number of hydrogen-bond donors (Lipinski definition) is 0. The summed E-state index contributed by atoms with van der Waals surface area (Å²) in [4.78, 5) is 4.25. The first-order valence-electron chi connectivity index (χ1n) is 4.88. The van der Waals surface area contributed by atoms with Crippen LogP contribution in [0.5, 0.6) is 0 Å². The first-order chi connectivity index (χ1) is 7.75. The zero-order chi connectivity index (χ0) is 11.1. The van der Waals surface area contributed by atoms with Gasteiger partial charge in [-0.15, -0.1) is 0 Å². The van der Waals surface area contributed by atoms with Gasteiger partial charge in [0.05, 0.1) is 10.5 Å². The molecule has 0 unspecified atom stereocenters. The zero-order valence-electron chi connectivity index (χ0n) is 8.24. The predicted molar refractivity (Wildman–Crippen MR) is 64.2 cm³/mol. The van der Waals surface area contributed by atoms with Crippen molar-refractivity contribution in [1.82, 2.24) is 4.98 Å². The molecule has 0 fully saturated rings. The van der Waals surface area contributed by atoms with Crippen molar-refractivity contribution in [3.63, 3.8) is 0 Å². The second-order valence-electron chi connectivity index (χ2n) is 3.63. The van der Waals surface area contributed by atoms with E-state index in [0.717, 1.165) is 21.7 Å². The summed E-state index contributed by atoms with van der Waals surface area (Å²) in [6.07, 6.45) is 1.65. The van der Waals surface area contributed by atoms with Crippen LogP contribution in [0.15, 0.2) is 42.6 Å². The Bertz CT molecular complexity index is 694. The van der Waals surface area contributed by atoms with Gasteiger partial charge >= 0.3 is 0 Å². The molecular weight excluding hydrogens is 225 g/mol. The number of halogens is 2. The van der Waals surface area contributed by atoms with Crippen LogP contribution in [0.2, 0.25) is 5.02 Å². The van der Waals surface area contributed by atoms with E-state index in [1.165, 1.54) is 12.1 Å². The summed E-state index contributed by atoms with van der Waals surface area (Å²) in [5.74, 6) is -0.254. The molecule has 78 valence electrons. The molecule has 1 nitrogen and oxygen atoms in total. The van der Waals surface area contributed by atoms with E-state index in [4.69, 9.17) is 11.6 Å². The van der Waals surface area contributed by atoms with Crippen LogP contribution in [-0.4, -0.2) is 4.98 Å². The third-order valence-corrected chi connectivity index (χ3v) is 2.93. The molecule has 3 aromatic rings. The fraction of sp³-hybridized carbons (Fsp3) is 0. The number of benzene rings is 2. The van der Waals surface area contributed by atoms with Crippen LogP contribution < -0.4 is 0 Å². The van der Waals surface area contributed by atoms with Crippen LogP contribution >= 0.6 is 11.6 Å². The average molecular weight is 232 g/mol. The molecule has 0 aliphatic rings. The molecule has 1 heterocycles. The highest BCUT2D eigenvalue weighted by Crippen LogP contribution is 2.28. The van der Waals surface area contributed by atoms with Gasteiger partial charge in [0, 0.05) is 17.0 Å². The summed E-state index contributed by atoms with van der Waals surface area (Å²) < 4.78 is 13.1. The molecule has 0 atom stereocenters. The Balaban J connectivity index is 2.55. The summed E-state index contributed by atoms with van der Waals surface area (Å²) in [5, 5.41) is 3.32. The highest BCUT2D eigenvalue weighted by atomic mass is 35.5. The van der Waals surface area contributed by atoms with Gasteiger partial charge in [-0.25, -0.2) is 4.39 Å². The lowest BCUT2D eigenvalue weighted by Gasteiger charge is -2.04. The van der Waals surface area contributed by atoms with E-state index in [1.807, 2.05) is 12.1 Å². The van der Waals surface area contributed by atoms with Gasteiger partial charge in [-0.2, -0.15) is 0 Å². The summed E-state index contributed by atoms with van der Waals surface area (Å²) in [7, 11) is 0. The van der Waals surface area contributed by atoms with E-state index in [1.54, 1.807) is 18.3 Å². The average Bonchev–Trinajstić information content (AvgIpc) is 2.28. The minimum absolute atomic E-state index is 0.254. The van der Waals surface area contributed by atoms with Gasteiger partial charge in [0.1, 0.15) is 5.82 Å². The van der Waals surface area contributed by atoms with Crippen molar-refractivity contribution in [3.05, 3.63) is 53.4 Å². The number of para-hydroxylation sites is 1. The molecule has 0 bridgehead atoms. The lowest BCUT2D eigenvalue weighted by molar-refractivity contribution is 0.630. The molecule has 0 saturated carbocycles.